The lowest BCUT2D eigenvalue weighted by molar-refractivity contribution is 0.586. The number of hydrogen-bond acceptors (Lipinski definition) is 3. The molecule has 0 aliphatic carbocycles. The van der Waals surface area contributed by atoms with Crippen LogP contribution in [0.15, 0.2) is 67.0 Å². The van der Waals surface area contributed by atoms with Crippen LogP contribution in [0, 0.1) is 5.82 Å². The van der Waals surface area contributed by atoms with Gasteiger partial charge in [0.1, 0.15) is 5.82 Å². The van der Waals surface area contributed by atoms with Gasteiger partial charge in [0.2, 0.25) is 0 Å². The minimum atomic E-state index is -0.372. The van der Waals surface area contributed by atoms with E-state index in [2.05, 4.69) is 20.8 Å². The maximum absolute atomic E-state index is 14.0. The molecule has 0 bridgehead atoms. The molecule has 0 saturated carbocycles. The molecule has 10 heteroatoms. The van der Waals surface area contributed by atoms with Crippen LogP contribution in [-0.4, -0.2) is 24.7 Å². The second-order valence-corrected chi connectivity index (χ2v) is 7.96. The van der Waals surface area contributed by atoms with E-state index < -0.39 is 0 Å². The highest BCUT2D eigenvalue weighted by atomic mass is 35.5. The molecule has 0 amide bonds. The van der Waals surface area contributed by atoms with Gasteiger partial charge >= 0.3 is 0 Å². The third-order valence-corrected chi connectivity index (χ3v) is 5.17. The molecular weight excluding hydrogens is 458 g/mol. The van der Waals surface area contributed by atoms with Crippen molar-refractivity contribution in [3.05, 3.63) is 94.0 Å². The zero-order valence-corrected chi connectivity index (χ0v) is 18.4. The summed E-state index contributed by atoms with van der Waals surface area (Å²) in [7, 11) is 0. The van der Waals surface area contributed by atoms with Gasteiger partial charge in [-0.05, 0) is 42.0 Å². The SMILES string of the molecule is Fc1cccc(Cl)c1Cn1ccc(NC(=S)Nc2ccn(Cc3cccc(Cl)c3)n2)n1. The Hall–Kier alpha value is -2.94. The summed E-state index contributed by atoms with van der Waals surface area (Å²) in [6, 6.07) is 15.7. The maximum Gasteiger partial charge on any atom is 0.177 e. The van der Waals surface area contributed by atoms with Crippen LogP contribution in [0.2, 0.25) is 10.0 Å². The van der Waals surface area contributed by atoms with Crippen LogP contribution >= 0.6 is 35.4 Å². The van der Waals surface area contributed by atoms with E-state index in [0.717, 1.165) is 5.56 Å². The van der Waals surface area contributed by atoms with Crippen molar-refractivity contribution in [1.29, 1.82) is 0 Å². The molecule has 0 unspecified atom stereocenters. The highest BCUT2D eigenvalue weighted by Gasteiger charge is 2.10. The first-order valence-corrected chi connectivity index (χ1v) is 10.4. The minimum Gasteiger partial charge on any atom is -0.316 e. The predicted octanol–water partition coefficient (Wildman–Crippen LogP) is 5.43. The van der Waals surface area contributed by atoms with Crippen molar-refractivity contribution in [2.24, 2.45) is 0 Å². The molecule has 0 aliphatic heterocycles. The normalized spacial score (nSPS) is 10.8. The van der Waals surface area contributed by atoms with Gasteiger partial charge in [0.25, 0.3) is 0 Å². The largest absolute Gasteiger partial charge is 0.316 e. The Morgan fingerprint density at radius 2 is 1.55 bits per heavy atom. The Morgan fingerprint density at radius 1 is 0.903 bits per heavy atom. The summed E-state index contributed by atoms with van der Waals surface area (Å²) >= 11 is 17.4. The molecular formula is C21H17Cl2FN6S. The Labute approximate surface area is 193 Å². The molecule has 0 fully saturated rings. The van der Waals surface area contributed by atoms with Crippen LogP contribution in [0.5, 0.6) is 0 Å². The molecule has 6 nitrogen and oxygen atoms in total. The van der Waals surface area contributed by atoms with Gasteiger partial charge in [-0.2, -0.15) is 10.2 Å². The van der Waals surface area contributed by atoms with Crippen LogP contribution in [0.1, 0.15) is 11.1 Å². The fraction of sp³-hybridized carbons (Fsp3) is 0.0952. The lowest BCUT2D eigenvalue weighted by atomic mass is 10.2. The van der Waals surface area contributed by atoms with E-state index in [4.69, 9.17) is 35.4 Å². The number of hydrogen-bond donors (Lipinski definition) is 2. The topological polar surface area (TPSA) is 59.7 Å². The number of benzene rings is 2. The van der Waals surface area contributed by atoms with E-state index in [1.165, 1.54) is 6.07 Å². The zero-order valence-electron chi connectivity index (χ0n) is 16.1. The molecule has 31 heavy (non-hydrogen) atoms. The van der Waals surface area contributed by atoms with Crippen LogP contribution in [0.25, 0.3) is 0 Å². The lowest BCUT2D eigenvalue weighted by Crippen LogP contribution is -2.20. The number of rotatable bonds is 6. The third-order valence-electron chi connectivity index (χ3n) is 4.38. The molecule has 0 saturated heterocycles. The van der Waals surface area contributed by atoms with E-state index in [-0.39, 0.29) is 12.4 Å². The summed E-state index contributed by atoms with van der Waals surface area (Å²) in [5.41, 5.74) is 1.42. The van der Waals surface area contributed by atoms with Crippen molar-refractivity contribution in [2.45, 2.75) is 13.1 Å². The Kier molecular flexibility index (Phi) is 6.50. The van der Waals surface area contributed by atoms with Gasteiger partial charge in [-0.25, -0.2) is 4.39 Å². The van der Waals surface area contributed by atoms with E-state index in [0.29, 0.717) is 38.9 Å². The summed E-state index contributed by atoms with van der Waals surface area (Å²) in [5, 5.41) is 16.2. The average molecular weight is 475 g/mol. The molecule has 2 N–H and O–H groups in total. The van der Waals surface area contributed by atoms with Crippen molar-refractivity contribution < 1.29 is 4.39 Å². The maximum atomic E-state index is 14.0. The Bertz CT molecular complexity index is 1200. The fourth-order valence-electron chi connectivity index (χ4n) is 2.96. The second kappa shape index (κ2) is 9.47. The molecule has 2 heterocycles. The molecule has 2 aromatic carbocycles. The molecule has 0 atom stereocenters. The predicted molar refractivity (Wildman–Crippen MR) is 125 cm³/mol. The van der Waals surface area contributed by atoms with Gasteiger partial charge < -0.3 is 10.6 Å². The summed E-state index contributed by atoms with van der Waals surface area (Å²) in [5.74, 6) is 0.739. The van der Waals surface area contributed by atoms with Gasteiger partial charge in [-0.3, -0.25) is 9.36 Å². The van der Waals surface area contributed by atoms with Gasteiger partial charge in [0.05, 0.1) is 13.1 Å². The molecule has 158 valence electrons. The number of nitrogens with one attached hydrogen (secondary N) is 2. The van der Waals surface area contributed by atoms with Crippen LogP contribution < -0.4 is 10.6 Å². The second-order valence-electron chi connectivity index (χ2n) is 6.71. The highest BCUT2D eigenvalue weighted by Crippen LogP contribution is 2.20. The molecule has 0 radical (unpaired) electrons. The number of anilines is 2. The summed E-state index contributed by atoms with van der Waals surface area (Å²) < 4.78 is 17.3. The van der Waals surface area contributed by atoms with Crippen molar-refractivity contribution in [1.82, 2.24) is 19.6 Å². The molecule has 4 rings (SSSR count). The average Bonchev–Trinajstić information content (AvgIpc) is 3.34. The molecule has 2 aromatic heterocycles. The van der Waals surface area contributed by atoms with Gasteiger partial charge in [-0.15, -0.1) is 0 Å². The van der Waals surface area contributed by atoms with Crippen molar-refractivity contribution in [3.8, 4) is 0 Å². The van der Waals surface area contributed by atoms with Crippen LogP contribution in [-0.2, 0) is 13.1 Å². The van der Waals surface area contributed by atoms with E-state index in [9.17, 15) is 4.39 Å². The van der Waals surface area contributed by atoms with Crippen molar-refractivity contribution in [2.75, 3.05) is 10.6 Å². The van der Waals surface area contributed by atoms with Crippen LogP contribution in [0.3, 0.4) is 0 Å². The summed E-state index contributed by atoms with van der Waals surface area (Å²) in [4.78, 5) is 0. The van der Waals surface area contributed by atoms with Gasteiger partial charge in [-0.1, -0.05) is 41.4 Å². The Balaban J connectivity index is 1.34. The highest BCUT2D eigenvalue weighted by molar-refractivity contribution is 7.80. The first kappa shape index (κ1) is 21.3. The van der Waals surface area contributed by atoms with E-state index in [1.807, 2.05) is 36.5 Å². The third kappa shape index (κ3) is 5.61. The van der Waals surface area contributed by atoms with Crippen molar-refractivity contribution in [3.63, 3.8) is 0 Å². The first-order valence-electron chi connectivity index (χ1n) is 9.28. The number of nitrogens with zero attached hydrogens (tertiary/aromatic N) is 4. The number of halogens is 3. The quantitative estimate of drug-likeness (QED) is 0.364. The molecule has 4 aromatic rings. The summed E-state index contributed by atoms with van der Waals surface area (Å²) in [6.45, 7) is 0.798. The van der Waals surface area contributed by atoms with Gasteiger partial charge in [0, 0.05) is 40.1 Å². The summed E-state index contributed by atoms with van der Waals surface area (Å²) in [6.07, 6.45) is 3.56. The Morgan fingerprint density at radius 3 is 2.19 bits per heavy atom. The van der Waals surface area contributed by atoms with Crippen LogP contribution in [0.4, 0.5) is 16.0 Å². The smallest absolute Gasteiger partial charge is 0.177 e. The first-order chi connectivity index (χ1) is 15.0. The number of thiocarbonyl (C=S) groups is 1. The molecule has 0 aliphatic rings. The molecule has 0 spiro atoms. The van der Waals surface area contributed by atoms with Crippen molar-refractivity contribution >= 4 is 52.2 Å². The standard InChI is InChI=1S/C21H17Cl2FN6S/c22-15-4-1-3-14(11-15)12-29-9-7-19(27-29)25-21(31)26-20-8-10-30(28-20)13-16-17(23)5-2-6-18(16)24/h1-11H,12-13H2,(H2,25,26,27,28,31). The van der Waals surface area contributed by atoms with E-state index >= 15 is 0 Å². The van der Waals surface area contributed by atoms with Gasteiger partial charge in [0.15, 0.2) is 16.7 Å². The van der Waals surface area contributed by atoms with E-state index in [1.54, 1.807) is 33.8 Å². The number of aromatic nitrogens is 4. The zero-order chi connectivity index (χ0) is 21.8. The monoisotopic (exact) mass is 474 g/mol. The minimum absolute atomic E-state index is 0.210. The lowest BCUT2D eigenvalue weighted by Gasteiger charge is -2.07. The fourth-order valence-corrected chi connectivity index (χ4v) is 3.61.